The van der Waals surface area contributed by atoms with E-state index >= 15 is 0 Å². The van der Waals surface area contributed by atoms with Crippen molar-refractivity contribution >= 4 is 0 Å². The smallest absolute Gasteiger partial charge is 0.102 e. The molecule has 1 rings (SSSR count). The van der Waals surface area contributed by atoms with Crippen LogP contribution in [0.4, 0.5) is 0 Å². The minimum absolute atomic E-state index is 0.194. The molecule has 1 N–H and O–H groups in total. The predicted molar refractivity (Wildman–Crippen MR) is 46.6 cm³/mol. The average Bonchev–Trinajstić information content (AvgIpc) is 2.07. The van der Waals surface area contributed by atoms with Crippen molar-refractivity contribution in [1.29, 1.82) is 0 Å². The van der Waals surface area contributed by atoms with Gasteiger partial charge in [0.1, 0.15) is 5.60 Å². The Morgan fingerprint density at radius 2 is 2.36 bits per heavy atom. The van der Waals surface area contributed by atoms with E-state index in [9.17, 15) is 0 Å². The molecule has 0 saturated carbocycles. The number of ether oxygens (including phenoxy) is 1. The van der Waals surface area contributed by atoms with Gasteiger partial charge in [-0.2, -0.15) is 0 Å². The maximum Gasteiger partial charge on any atom is 0.102 e. The van der Waals surface area contributed by atoms with Crippen molar-refractivity contribution in [2.45, 2.75) is 12.0 Å². The van der Waals surface area contributed by atoms with Gasteiger partial charge in [0.2, 0.25) is 0 Å². The van der Waals surface area contributed by atoms with E-state index in [2.05, 4.69) is 18.5 Å². The van der Waals surface area contributed by atoms with E-state index in [0.717, 1.165) is 26.1 Å². The summed E-state index contributed by atoms with van der Waals surface area (Å²) in [5.74, 6) is 0. The highest BCUT2D eigenvalue weighted by Gasteiger charge is 2.27. The predicted octanol–water partition coefficient (Wildman–Crippen LogP) is 1.11. The van der Waals surface area contributed by atoms with Crippen LogP contribution in [0, 0.1) is 0 Å². The zero-order valence-corrected chi connectivity index (χ0v) is 6.81. The van der Waals surface area contributed by atoms with Crippen LogP contribution in [0.3, 0.4) is 0 Å². The summed E-state index contributed by atoms with van der Waals surface area (Å²) in [5, 5.41) is 3.27. The molecule has 2 nitrogen and oxygen atoms in total. The molecule has 0 amide bonds. The van der Waals surface area contributed by atoms with Gasteiger partial charge in [-0.25, -0.2) is 0 Å². The molecule has 1 unspecified atom stereocenters. The minimum atomic E-state index is -0.194. The van der Waals surface area contributed by atoms with E-state index < -0.39 is 0 Å². The van der Waals surface area contributed by atoms with Crippen LogP contribution in [0.5, 0.6) is 0 Å². The Morgan fingerprint density at radius 3 is 2.82 bits per heavy atom. The van der Waals surface area contributed by atoms with Crippen LogP contribution in [-0.2, 0) is 4.74 Å². The van der Waals surface area contributed by atoms with Crippen LogP contribution in [0.2, 0.25) is 0 Å². The summed E-state index contributed by atoms with van der Waals surface area (Å²) in [6, 6.07) is 0. The fraction of sp³-hybridized carbons (Fsp3) is 0.556. The van der Waals surface area contributed by atoms with Crippen LogP contribution in [0.25, 0.3) is 0 Å². The topological polar surface area (TPSA) is 21.3 Å². The lowest BCUT2D eigenvalue weighted by atomic mass is 9.98. The van der Waals surface area contributed by atoms with Crippen LogP contribution in [-0.4, -0.2) is 25.3 Å². The van der Waals surface area contributed by atoms with Gasteiger partial charge in [0.25, 0.3) is 0 Å². The highest BCUT2D eigenvalue weighted by Crippen LogP contribution is 2.19. The van der Waals surface area contributed by atoms with Crippen molar-refractivity contribution in [3.05, 3.63) is 25.3 Å². The first kappa shape index (κ1) is 8.50. The average molecular weight is 153 g/mol. The molecule has 1 aliphatic rings. The van der Waals surface area contributed by atoms with Gasteiger partial charge in [-0.15, -0.1) is 13.2 Å². The van der Waals surface area contributed by atoms with E-state index in [1.54, 1.807) is 0 Å². The summed E-state index contributed by atoms with van der Waals surface area (Å²) in [5.41, 5.74) is -0.194. The second-order valence-corrected chi connectivity index (χ2v) is 2.79. The number of morpholine rings is 1. The lowest BCUT2D eigenvalue weighted by Gasteiger charge is -2.34. The number of hydrogen-bond donors (Lipinski definition) is 1. The third kappa shape index (κ3) is 1.91. The van der Waals surface area contributed by atoms with E-state index in [1.807, 2.05) is 12.2 Å². The van der Waals surface area contributed by atoms with E-state index in [0.29, 0.717) is 0 Å². The largest absolute Gasteiger partial charge is 0.368 e. The second-order valence-electron chi connectivity index (χ2n) is 2.79. The summed E-state index contributed by atoms with van der Waals surface area (Å²) in [7, 11) is 0. The number of nitrogens with one attached hydrogen (secondary N) is 1. The third-order valence-electron chi connectivity index (χ3n) is 1.95. The zero-order chi connectivity index (χ0) is 8.16. The van der Waals surface area contributed by atoms with Crippen LogP contribution in [0.1, 0.15) is 6.42 Å². The molecule has 1 saturated heterocycles. The molecule has 0 aromatic carbocycles. The Labute approximate surface area is 67.9 Å². The van der Waals surface area contributed by atoms with Crippen molar-refractivity contribution < 1.29 is 4.74 Å². The highest BCUT2D eigenvalue weighted by atomic mass is 16.5. The van der Waals surface area contributed by atoms with Gasteiger partial charge in [0.05, 0.1) is 6.61 Å². The molecular weight excluding hydrogens is 138 g/mol. The molecule has 11 heavy (non-hydrogen) atoms. The van der Waals surface area contributed by atoms with Gasteiger partial charge in [-0.05, 0) is 6.42 Å². The lowest BCUT2D eigenvalue weighted by Crippen LogP contribution is -2.47. The second kappa shape index (κ2) is 3.69. The van der Waals surface area contributed by atoms with Crippen LogP contribution in [0.15, 0.2) is 25.3 Å². The molecule has 0 spiro atoms. The Morgan fingerprint density at radius 1 is 1.55 bits per heavy atom. The molecule has 1 fully saturated rings. The standard InChI is InChI=1S/C9H15NO/c1-3-5-9(4-2)8-10-6-7-11-9/h3-4,10H,1-2,5-8H2. The van der Waals surface area contributed by atoms with Crippen molar-refractivity contribution in [3.8, 4) is 0 Å². The molecule has 0 aromatic heterocycles. The lowest BCUT2D eigenvalue weighted by molar-refractivity contribution is -0.0278. The number of hydrogen-bond acceptors (Lipinski definition) is 2. The molecule has 0 bridgehead atoms. The summed E-state index contributed by atoms with van der Waals surface area (Å²) >= 11 is 0. The Hall–Kier alpha value is -0.600. The van der Waals surface area contributed by atoms with Crippen molar-refractivity contribution in [3.63, 3.8) is 0 Å². The molecule has 0 aromatic rings. The minimum Gasteiger partial charge on any atom is -0.368 e. The fourth-order valence-corrected chi connectivity index (χ4v) is 1.27. The maximum atomic E-state index is 5.60. The molecule has 0 aliphatic carbocycles. The molecule has 1 atom stereocenters. The normalized spacial score (nSPS) is 31.3. The maximum absolute atomic E-state index is 5.60. The summed E-state index contributed by atoms with van der Waals surface area (Å²) < 4.78 is 5.60. The van der Waals surface area contributed by atoms with Gasteiger partial charge in [0, 0.05) is 13.1 Å². The molecule has 1 heterocycles. The zero-order valence-electron chi connectivity index (χ0n) is 6.81. The van der Waals surface area contributed by atoms with Gasteiger partial charge in [-0.3, -0.25) is 0 Å². The summed E-state index contributed by atoms with van der Waals surface area (Å²) in [6.07, 6.45) is 4.57. The monoisotopic (exact) mass is 153 g/mol. The van der Waals surface area contributed by atoms with Crippen molar-refractivity contribution in [1.82, 2.24) is 5.32 Å². The summed E-state index contributed by atoms with van der Waals surface area (Å²) in [6.45, 7) is 10.0. The first-order valence-electron chi connectivity index (χ1n) is 3.92. The molecule has 2 heteroatoms. The van der Waals surface area contributed by atoms with Crippen LogP contribution >= 0.6 is 0 Å². The van der Waals surface area contributed by atoms with Gasteiger partial charge >= 0.3 is 0 Å². The Bertz CT molecular complexity index is 148. The van der Waals surface area contributed by atoms with Crippen LogP contribution < -0.4 is 5.32 Å². The SMILES string of the molecule is C=CCC1(C=C)CNCCO1. The Balaban J connectivity index is 2.56. The Kier molecular flexibility index (Phi) is 2.85. The van der Waals surface area contributed by atoms with E-state index in [4.69, 9.17) is 4.74 Å². The van der Waals surface area contributed by atoms with Gasteiger partial charge < -0.3 is 10.1 Å². The molecular formula is C9H15NO. The van der Waals surface area contributed by atoms with E-state index in [-0.39, 0.29) is 5.60 Å². The highest BCUT2D eigenvalue weighted by molar-refractivity contribution is 5.04. The fourth-order valence-electron chi connectivity index (χ4n) is 1.27. The van der Waals surface area contributed by atoms with Crippen molar-refractivity contribution in [2.24, 2.45) is 0 Å². The van der Waals surface area contributed by atoms with Gasteiger partial charge in [-0.1, -0.05) is 12.2 Å². The van der Waals surface area contributed by atoms with E-state index in [1.165, 1.54) is 0 Å². The quantitative estimate of drug-likeness (QED) is 0.613. The first-order chi connectivity index (χ1) is 5.33. The molecule has 62 valence electrons. The first-order valence-corrected chi connectivity index (χ1v) is 3.92. The molecule has 0 radical (unpaired) electrons. The summed E-state index contributed by atoms with van der Waals surface area (Å²) in [4.78, 5) is 0. The third-order valence-corrected chi connectivity index (χ3v) is 1.95. The molecule has 1 aliphatic heterocycles. The van der Waals surface area contributed by atoms with Crippen molar-refractivity contribution in [2.75, 3.05) is 19.7 Å². The van der Waals surface area contributed by atoms with Gasteiger partial charge in [0.15, 0.2) is 0 Å². The number of rotatable bonds is 3.